The molecule has 1 aliphatic rings. The van der Waals surface area contributed by atoms with Gasteiger partial charge in [-0.2, -0.15) is 0 Å². The first-order valence-corrected chi connectivity index (χ1v) is 6.27. The maximum absolute atomic E-state index is 5.79. The zero-order valence-electron chi connectivity index (χ0n) is 10.1. The lowest BCUT2D eigenvalue weighted by Gasteiger charge is -2.29. The van der Waals surface area contributed by atoms with E-state index >= 15 is 0 Å². The van der Waals surface area contributed by atoms with Crippen LogP contribution in [0, 0.1) is 0 Å². The highest BCUT2D eigenvalue weighted by Gasteiger charge is 2.20. The minimum atomic E-state index is 0.383. The minimum absolute atomic E-state index is 0.383. The Morgan fingerprint density at radius 3 is 2.87 bits per heavy atom. The van der Waals surface area contributed by atoms with Crippen LogP contribution in [-0.2, 0) is 9.47 Å². The third kappa shape index (κ3) is 5.50. The van der Waals surface area contributed by atoms with Gasteiger partial charge in [0.05, 0.1) is 19.3 Å². The Kier molecular flexibility index (Phi) is 6.98. The summed E-state index contributed by atoms with van der Waals surface area (Å²) in [5.41, 5.74) is 0. The zero-order valence-corrected chi connectivity index (χ0v) is 10.1. The minimum Gasteiger partial charge on any atom is -0.379 e. The molecule has 3 nitrogen and oxygen atoms in total. The van der Waals surface area contributed by atoms with Gasteiger partial charge in [-0.15, -0.1) is 0 Å². The van der Waals surface area contributed by atoms with Crippen LogP contribution in [0.4, 0.5) is 0 Å². The lowest BCUT2D eigenvalue weighted by molar-refractivity contribution is -0.0208. The highest BCUT2D eigenvalue weighted by atomic mass is 16.5. The van der Waals surface area contributed by atoms with E-state index in [-0.39, 0.29) is 0 Å². The molecule has 0 aromatic heterocycles. The number of piperidine rings is 1. The molecule has 3 heteroatoms. The first-order chi connectivity index (χ1) is 7.34. The Morgan fingerprint density at radius 1 is 1.27 bits per heavy atom. The maximum Gasteiger partial charge on any atom is 0.0726 e. The summed E-state index contributed by atoms with van der Waals surface area (Å²) >= 11 is 0. The van der Waals surface area contributed by atoms with Crippen LogP contribution >= 0.6 is 0 Å². The molecule has 1 rings (SSSR count). The van der Waals surface area contributed by atoms with Crippen molar-refractivity contribution in [3.8, 4) is 0 Å². The molecule has 0 bridgehead atoms. The summed E-state index contributed by atoms with van der Waals surface area (Å²) < 4.78 is 11.2. The van der Waals surface area contributed by atoms with Crippen molar-refractivity contribution in [3.63, 3.8) is 0 Å². The molecule has 0 amide bonds. The highest BCUT2D eigenvalue weighted by Crippen LogP contribution is 2.11. The van der Waals surface area contributed by atoms with E-state index < -0.39 is 0 Å². The monoisotopic (exact) mass is 215 g/mol. The summed E-state index contributed by atoms with van der Waals surface area (Å²) in [6.45, 7) is 7.85. The first kappa shape index (κ1) is 12.9. The normalized spacial score (nSPS) is 26.8. The predicted octanol–water partition coefficient (Wildman–Crippen LogP) is 1.96. The average molecular weight is 215 g/mol. The first-order valence-electron chi connectivity index (χ1n) is 6.27. The van der Waals surface area contributed by atoms with Crippen molar-refractivity contribution in [2.75, 3.05) is 26.4 Å². The smallest absolute Gasteiger partial charge is 0.0726 e. The summed E-state index contributed by atoms with van der Waals surface area (Å²) in [7, 11) is 0. The van der Waals surface area contributed by atoms with Gasteiger partial charge in [0.1, 0.15) is 0 Å². The Hall–Kier alpha value is -0.120. The van der Waals surface area contributed by atoms with Crippen molar-refractivity contribution >= 4 is 0 Å². The third-order valence-corrected chi connectivity index (χ3v) is 2.89. The van der Waals surface area contributed by atoms with Gasteiger partial charge in [0.15, 0.2) is 0 Å². The van der Waals surface area contributed by atoms with Crippen LogP contribution < -0.4 is 5.32 Å². The molecule has 0 radical (unpaired) electrons. The maximum atomic E-state index is 5.79. The summed E-state index contributed by atoms with van der Waals surface area (Å²) in [6.07, 6.45) is 5.15. The molecule has 0 aromatic carbocycles. The second-order valence-electron chi connectivity index (χ2n) is 4.26. The van der Waals surface area contributed by atoms with E-state index in [4.69, 9.17) is 9.47 Å². The lowest BCUT2D eigenvalue weighted by Crippen LogP contribution is -2.44. The fourth-order valence-electron chi connectivity index (χ4n) is 1.85. The van der Waals surface area contributed by atoms with Gasteiger partial charge in [-0.05, 0) is 32.7 Å². The molecule has 2 unspecified atom stereocenters. The molecular formula is C12H25NO2. The topological polar surface area (TPSA) is 30.5 Å². The summed E-state index contributed by atoms with van der Waals surface area (Å²) in [6, 6.07) is 0.495. The standard InChI is InChI=1S/C12H25NO2/c1-3-4-8-14-9-10-15-12-6-5-7-13-11(12)2/h11-13H,3-10H2,1-2H3. The van der Waals surface area contributed by atoms with E-state index in [2.05, 4.69) is 19.2 Å². The molecule has 0 aromatic rings. The van der Waals surface area contributed by atoms with Gasteiger partial charge in [-0.1, -0.05) is 13.3 Å². The van der Waals surface area contributed by atoms with Crippen molar-refractivity contribution < 1.29 is 9.47 Å². The largest absolute Gasteiger partial charge is 0.379 e. The van der Waals surface area contributed by atoms with Crippen LogP contribution in [0.15, 0.2) is 0 Å². The second kappa shape index (κ2) is 8.08. The quantitative estimate of drug-likeness (QED) is 0.659. The van der Waals surface area contributed by atoms with Crippen molar-refractivity contribution in [3.05, 3.63) is 0 Å². The van der Waals surface area contributed by atoms with Crippen LogP contribution in [-0.4, -0.2) is 38.5 Å². The van der Waals surface area contributed by atoms with E-state index in [9.17, 15) is 0 Å². The molecule has 1 N–H and O–H groups in total. The molecule has 90 valence electrons. The van der Waals surface area contributed by atoms with Gasteiger partial charge >= 0.3 is 0 Å². The molecule has 15 heavy (non-hydrogen) atoms. The Bertz CT molecular complexity index is 153. The molecule has 1 aliphatic heterocycles. The lowest BCUT2D eigenvalue weighted by atomic mass is 10.0. The van der Waals surface area contributed by atoms with E-state index in [1.165, 1.54) is 19.3 Å². The van der Waals surface area contributed by atoms with E-state index in [0.29, 0.717) is 12.1 Å². The number of rotatable bonds is 7. The van der Waals surface area contributed by atoms with Gasteiger partial charge in [0.25, 0.3) is 0 Å². The van der Waals surface area contributed by atoms with Crippen LogP contribution in [0.1, 0.15) is 39.5 Å². The van der Waals surface area contributed by atoms with Gasteiger partial charge in [-0.3, -0.25) is 0 Å². The number of unbranched alkanes of at least 4 members (excludes halogenated alkanes) is 1. The number of hydrogen-bond acceptors (Lipinski definition) is 3. The fraction of sp³-hybridized carbons (Fsp3) is 1.00. The van der Waals surface area contributed by atoms with Gasteiger partial charge in [0.2, 0.25) is 0 Å². The summed E-state index contributed by atoms with van der Waals surface area (Å²) in [5, 5.41) is 3.43. The van der Waals surface area contributed by atoms with Gasteiger partial charge in [-0.25, -0.2) is 0 Å². The van der Waals surface area contributed by atoms with Gasteiger partial charge in [0, 0.05) is 12.6 Å². The van der Waals surface area contributed by atoms with Crippen molar-refractivity contribution in [1.29, 1.82) is 0 Å². The number of nitrogens with one attached hydrogen (secondary N) is 1. The second-order valence-corrected chi connectivity index (χ2v) is 4.26. The molecule has 2 atom stereocenters. The van der Waals surface area contributed by atoms with Crippen LogP contribution in [0.3, 0.4) is 0 Å². The van der Waals surface area contributed by atoms with Crippen LogP contribution in [0.2, 0.25) is 0 Å². The van der Waals surface area contributed by atoms with E-state index in [1.54, 1.807) is 0 Å². The third-order valence-electron chi connectivity index (χ3n) is 2.89. The van der Waals surface area contributed by atoms with E-state index in [0.717, 1.165) is 32.8 Å². The summed E-state index contributed by atoms with van der Waals surface area (Å²) in [5.74, 6) is 0. The predicted molar refractivity (Wildman–Crippen MR) is 62.2 cm³/mol. The number of hydrogen-bond donors (Lipinski definition) is 1. The molecule has 0 aliphatic carbocycles. The molecule has 1 fully saturated rings. The van der Waals surface area contributed by atoms with E-state index in [1.807, 2.05) is 0 Å². The molecule has 0 saturated carbocycles. The van der Waals surface area contributed by atoms with Gasteiger partial charge < -0.3 is 14.8 Å². The van der Waals surface area contributed by atoms with Crippen molar-refractivity contribution in [2.45, 2.75) is 51.7 Å². The Labute approximate surface area is 93.5 Å². The summed E-state index contributed by atoms with van der Waals surface area (Å²) in [4.78, 5) is 0. The molecular weight excluding hydrogens is 190 g/mol. The average Bonchev–Trinajstić information content (AvgIpc) is 2.25. The molecule has 0 spiro atoms. The van der Waals surface area contributed by atoms with Crippen molar-refractivity contribution in [1.82, 2.24) is 5.32 Å². The Morgan fingerprint density at radius 2 is 2.13 bits per heavy atom. The molecule has 1 heterocycles. The Balaban J connectivity index is 1.94. The van der Waals surface area contributed by atoms with Crippen LogP contribution in [0.5, 0.6) is 0 Å². The van der Waals surface area contributed by atoms with Crippen LogP contribution in [0.25, 0.3) is 0 Å². The highest BCUT2D eigenvalue weighted by molar-refractivity contribution is 4.77. The zero-order chi connectivity index (χ0) is 10.9. The number of ether oxygens (including phenoxy) is 2. The fourth-order valence-corrected chi connectivity index (χ4v) is 1.85. The molecule has 1 saturated heterocycles. The van der Waals surface area contributed by atoms with Crippen molar-refractivity contribution in [2.24, 2.45) is 0 Å². The SMILES string of the molecule is CCCCOCCOC1CCCNC1C.